The third kappa shape index (κ3) is 6.70. The molecule has 0 aromatic carbocycles. The molecule has 1 fully saturated rings. The maximum absolute atomic E-state index is 13.0. The normalized spacial score (nSPS) is 18.5. The number of nitrogens with zero attached hydrogens (tertiary/aromatic N) is 3. The van der Waals surface area contributed by atoms with E-state index in [1.165, 1.54) is 11.3 Å². The number of pyridine rings is 1. The summed E-state index contributed by atoms with van der Waals surface area (Å²) >= 11 is 3.11. The van der Waals surface area contributed by atoms with E-state index >= 15 is 0 Å². The van der Waals surface area contributed by atoms with Crippen molar-refractivity contribution in [2.24, 2.45) is 5.73 Å². The van der Waals surface area contributed by atoms with Crippen molar-refractivity contribution in [3.8, 4) is 0 Å². The molecule has 0 aliphatic carbocycles. The van der Waals surface area contributed by atoms with Crippen LogP contribution < -0.4 is 16.4 Å². The van der Waals surface area contributed by atoms with Gasteiger partial charge in [0, 0.05) is 55.8 Å². The topological polar surface area (TPSA) is 113 Å². The Morgan fingerprint density at radius 2 is 2.12 bits per heavy atom. The number of morpholine rings is 1. The molecule has 11 heteroatoms. The number of nitrogens with two attached hydrogens (primary N) is 1. The van der Waals surface area contributed by atoms with Crippen molar-refractivity contribution < 1.29 is 14.3 Å². The van der Waals surface area contributed by atoms with Crippen LogP contribution in [0.2, 0.25) is 0 Å². The minimum Gasteiger partial charge on any atom is -0.400 e. The van der Waals surface area contributed by atoms with Crippen LogP contribution in [0.4, 0.5) is 10.5 Å². The third-order valence-corrected chi connectivity index (χ3v) is 7.12. The average Bonchev–Trinajstić information content (AvgIpc) is 3.49. The van der Waals surface area contributed by atoms with Gasteiger partial charge in [0.2, 0.25) is 0 Å². The quantitative estimate of drug-likeness (QED) is 0.522. The molecule has 3 amide bonds. The monoisotopic (exact) mass is 488 g/mol. The van der Waals surface area contributed by atoms with Crippen LogP contribution in [0.15, 0.2) is 46.3 Å². The molecule has 4 rings (SSSR count). The lowest BCUT2D eigenvalue weighted by atomic mass is 10.2. The van der Waals surface area contributed by atoms with Crippen molar-refractivity contribution >= 4 is 40.7 Å². The Morgan fingerprint density at radius 1 is 1.27 bits per heavy atom. The van der Waals surface area contributed by atoms with E-state index in [9.17, 15) is 9.59 Å². The van der Waals surface area contributed by atoms with E-state index in [4.69, 9.17) is 10.5 Å². The van der Waals surface area contributed by atoms with Gasteiger partial charge < -0.3 is 26.0 Å². The molecular formula is C22H28N6O3S2. The first-order valence-corrected chi connectivity index (χ1v) is 12.8. The molecule has 1 unspecified atom stereocenters. The first kappa shape index (κ1) is 23.6. The zero-order valence-electron chi connectivity index (χ0n) is 18.2. The van der Waals surface area contributed by atoms with Crippen LogP contribution in [0, 0.1) is 0 Å². The Labute approximate surface area is 201 Å². The molecule has 1 saturated heterocycles. The molecule has 2 aliphatic heterocycles. The van der Waals surface area contributed by atoms with Crippen molar-refractivity contribution in [3.05, 3.63) is 57.5 Å². The Morgan fingerprint density at radius 3 is 2.79 bits per heavy atom. The number of aromatic nitrogens is 1. The highest BCUT2D eigenvalue weighted by atomic mass is 32.2. The van der Waals surface area contributed by atoms with E-state index < -0.39 is 0 Å². The molecule has 4 heterocycles. The van der Waals surface area contributed by atoms with Gasteiger partial charge in [-0.25, -0.2) is 4.79 Å². The summed E-state index contributed by atoms with van der Waals surface area (Å²) in [5.74, 6) is 0.470. The number of urea groups is 1. The predicted molar refractivity (Wildman–Crippen MR) is 131 cm³/mol. The Bertz CT molecular complexity index is 961. The summed E-state index contributed by atoms with van der Waals surface area (Å²) in [6.07, 6.45) is 1.65. The molecule has 2 aromatic heterocycles. The molecule has 0 radical (unpaired) electrons. The number of hydrogen-bond donors (Lipinski definition) is 3. The lowest BCUT2D eigenvalue weighted by Gasteiger charge is -2.30. The van der Waals surface area contributed by atoms with Gasteiger partial charge in [-0.1, -0.05) is 6.07 Å². The molecule has 9 nitrogen and oxygen atoms in total. The van der Waals surface area contributed by atoms with Crippen LogP contribution in [0.3, 0.4) is 0 Å². The number of thiophene rings is 1. The van der Waals surface area contributed by atoms with Gasteiger partial charge in [0.05, 0.1) is 24.9 Å². The summed E-state index contributed by atoms with van der Waals surface area (Å²) in [7, 11) is 0. The predicted octanol–water partition coefficient (Wildman–Crippen LogP) is 2.15. The first-order chi connectivity index (χ1) is 16.1. The Kier molecular flexibility index (Phi) is 8.21. The van der Waals surface area contributed by atoms with E-state index in [1.807, 2.05) is 28.3 Å². The van der Waals surface area contributed by atoms with Crippen molar-refractivity contribution in [2.45, 2.75) is 12.6 Å². The summed E-state index contributed by atoms with van der Waals surface area (Å²) in [4.78, 5) is 33.8. The minimum absolute atomic E-state index is 0.163. The lowest BCUT2D eigenvalue weighted by molar-refractivity contribution is 0.0349. The summed E-state index contributed by atoms with van der Waals surface area (Å²) in [6.45, 7) is 4.90. The smallest absolute Gasteiger partial charge is 0.322 e. The van der Waals surface area contributed by atoms with E-state index in [1.54, 1.807) is 28.9 Å². The summed E-state index contributed by atoms with van der Waals surface area (Å²) in [5.41, 5.74) is 8.52. The van der Waals surface area contributed by atoms with Gasteiger partial charge in [-0.15, -0.1) is 11.8 Å². The first-order valence-electron chi connectivity index (χ1n) is 10.8. The number of nitrogens with one attached hydrogen (secondary N) is 2. The number of amides is 3. The van der Waals surface area contributed by atoms with Crippen molar-refractivity contribution in [3.63, 3.8) is 0 Å². The molecule has 0 saturated carbocycles. The van der Waals surface area contributed by atoms with Crippen LogP contribution in [-0.2, 0) is 11.3 Å². The van der Waals surface area contributed by atoms with Gasteiger partial charge in [0.25, 0.3) is 5.91 Å². The van der Waals surface area contributed by atoms with E-state index in [2.05, 4.69) is 20.5 Å². The zero-order chi connectivity index (χ0) is 23.0. The highest BCUT2D eigenvalue weighted by Gasteiger charge is 2.21. The van der Waals surface area contributed by atoms with Crippen molar-refractivity contribution in [2.75, 3.05) is 50.5 Å². The second-order valence-corrected chi connectivity index (χ2v) is 9.53. The molecule has 2 aromatic rings. The van der Waals surface area contributed by atoms with Crippen LogP contribution >= 0.6 is 23.1 Å². The molecule has 1 atom stereocenters. The largest absolute Gasteiger partial charge is 0.400 e. The van der Waals surface area contributed by atoms with Gasteiger partial charge >= 0.3 is 6.03 Å². The van der Waals surface area contributed by atoms with Crippen LogP contribution in [0.25, 0.3) is 0 Å². The van der Waals surface area contributed by atoms with Gasteiger partial charge in [-0.2, -0.15) is 11.3 Å². The second-order valence-electron chi connectivity index (χ2n) is 7.85. The average molecular weight is 489 g/mol. The number of hydrogen-bond acceptors (Lipinski definition) is 8. The summed E-state index contributed by atoms with van der Waals surface area (Å²) in [5, 5.41) is 11.5. The molecule has 176 valence electrons. The number of carbonyl (C=O) groups excluding carboxylic acids is 2. The van der Waals surface area contributed by atoms with Crippen molar-refractivity contribution in [1.29, 1.82) is 0 Å². The number of thioether (sulfide) groups is 1. The fourth-order valence-electron chi connectivity index (χ4n) is 3.53. The number of rotatable bonds is 8. The minimum atomic E-state index is -0.259. The fraction of sp³-hybridized carbons (Fsp3) is 0.409. The highest BCUT2D eigenvalue weighted by molar-refractivity contribution is 8.02. The standard InChI is InChI=1S/C22H28N6O3S2/c23-18-14-33-15-20(18)26-21(29)19-2-1-16(11-24-19)12-28(5-4-27-6-8-31-9-7-27)22(30)25-17-3-10-32-13-17/h1-3,10-11,13-14,20H,4-9,12,15,23H2,(H,25,30)(H,26,29). The highest BCUT2D eigenvalue weighted by Crippen LogP contribution is 2.19. The van der Waals surface area contributed by atoms with Gasteiger partial charge in [-0.05, 0) is 28.5 Å². The van der Waals surface area contributed by atoms with E-state index in [0.717, 1.165) is 49.9 Å². The molecular weight excluding hydrogens is 460 g/mol. The molecule has 0 bridgehead atoms. The van der Waals surface area contributed by atoms with Crippen LogP contribution in [0.1, 0.15) is 16.1 Å². The van der Waals surface area contributed by atoms with Gasteiger partial charge in [0.15, 0.2) is 0 Å². The molecule has 2 aliphatic rings. The van der Waals surface area contributed by atoms with Gasteiger partial charge in [-0.3, -0.25) is 14.7 Å². The Hall–Kier alpha value is -2.60. The molecule has 0 spiro atoms. The Balaban J connectivity index is 1.37. The summed E-state index contributed by atoms with van der Waals surface area (Å²) in [6, 6.07) is 5.07. The maximum Gasteiger partial charge on any atom is 0.322 e. The zero-order valence-corrected chi connectivity index (χ0v) is 19.9. The number of anilines is 1. The fourth-order valence-corrected chi connectivity index (χ4v) is 5.04. The lowest BCUT2D eigenvalue weighted by Crippen LogP contribution is -2.44. The SMILES string of the molecule is NC1=CSCC1NC(=O)c1ccc(CN(CCN2CCOCC2)C(=O)Nc2ccsc2)cn1. The van der Waals surface area contributed by atoms with E-state index in [0.29, 0.717) is 24.5 Å². The van der Waals surface area contributed by atoms with Gasteiger partial charge in [0.1, 0.15) is 5.69 Å². The third-order valence-electron chi connectivity index (χ3n) is 5.47. The number of ether oxygens (including phenoxy) is 1. The number of carbonyl (C=O) groups is 2. The maximum atomic E-state index is 13.0. The van der Waals surface area contributed by atoms with E-state index in [-0.39, 0.29) is 18.0 Å². The molecule has 33 heavy (non-hydrogen) atoms. The molecule has 4 N–H and O–H groups in total. The van der Waals surface area contributed by atoms with Crippen LogP contribution in [-0.4, -0.2) is 77.9 Å². The van der Waals surface area contributed by atoms with Crippen molar-refractivity contribution in [1.82, 2.24) is 20.1 Å². The summed E-state index contributed by atoms with van der Waals surface area (Å²) < 4.78 is 5.41. The van der Waals surface area contributed by atoms with Crippen LogP contribution in [0.5, 0.6) is 0 Å². The second kappa shape index (κ2) is 11.5.